The van der Waals surface area contributed by atoms with Gasteiger partial charge in [-0.25, -0.2) is 13.1 Å². The molecule has 0 amide bonds. The van der Waals surface area contributed by atoms with Gasteiger partial charge in [0.15, 0.2) is 0 Å². The molecule has 0 aliphatic rings. The van der Waals surface area contributed by atoms with Crippen LogP contribution in [0.4, 0.5) is 0 Å². The molecule has 0 atom stereocenters. The summed E-state index contributed by atoms with van der Waals surface area (Å²) >= 11 is 0. The van der Waals surface area contributed by atoms with Crippen LogP contribution in [-0.2, 0) is 16.6 Å². The van der Waals surface area contributed by atoms with Crippen LogP contribution in [0.15, 0.2) is 59.5 Å². The number of hydrogen-bond donors (Lipinski definition) is 1. The molecular formula is C17H22N2O3S. The third-order valence-corrected chi connectivity index (χ3v) is 4.67. The van der Waals surface area contributed by atoms with Gasteiger partial charge in [0.05, 0.1) is 4.90 Å². The summed E-state index contributed by atoms with van der Waals surface area (Å²) in [6.07, 6.45) is 0. The van der Waals surface area contributed by atoms with Crippen molar-refractivity contribution in [2.75, 3.05) is 27.2 Å². The summed E-state index contributed by atoms with van der Waals surface area (Å²) in [6.45, 7) is 1.71. The predicted molar refractivity (Wildman–Crippen MR) is 91.0 cm³/mol. The zero-order chi connectivity index (χ0) is 16.7. The Kier molecular flexibility index (Phi) is 6.15. The lowest BCUT2D eigenvalue weighted by molar-refractivity contribution is 0.261. The predicted octanol–water partition coefficient (Wildman–Crippen LogP) is 2.11. The number of rotatable bonds is 8. The van der Waals surface area contributed by atoms with E-state index in [2.05, 4.69) is 4.72 Å². The maximum atomic E-state index is 12.1. The number of likely N-dealkylation sites (N-methyl/N-ethyl adjacent to an activating group) is 1. The van der Waals surface area contributed by atoms with Crippen molar-refractivity contribution in [3.05, 3.63) is 60.2 Å². The summed E-state index contributed by atoms with van der Waals surface area (Å²) in [5, 5.41) is 0. The fourth-order valence-electron chi connectivity index (χ4n) is 1.91. The van der Waals surface area contributed by atoms with Gasteiger partial charge < -0.3 is 9.64 Å². The van der Waals surface area contributed by atoms with E-state index < -0.39 is 10.0 Å². The Hall–Kier alpha value is -1.89. The van der Waals surface area contributed by atoms with Crippen LogP contribution >= 0.6 is 0 Å². The fourth-order valence-corrected chi connectivity index (χ4v) is 2.95. The van der Waals surface area contributed by atoms with Gasteiger partial charge in [-0.3, -0.25) is 0 Å². The highest BCUT2D eigenvalue weighted by molar-refractivity contribution is 7.89. The standard InChI is InChI=1S/C17H22N2O3S/c1-19(2)12-13-22-16-10-8-15(9-11-16)14-18-23(20,21)17-6-4-3-5-7-17/h3-11,18H,12-14H2,1-2H3. The van der Waals surface area contributed by atoms with Gasteiger partial charge in [-0.2, -0.15) is 0 Å². The minimum atomic E-state index is -3.48. The number of sulfonamides is 1. The molecule has 0 aliphatic carbocycles. The second kappa shape index (κ2) is 8.10. The molecule has 2 aromatic rings. The van der Waals surface area contributed by atoms with Gasteiger partial charge in [0.2, 0.25) is 10.0 Å². The third-order valence-electron chi connectivity index (χ3n) is 3.25. The van der Waals surface area contributed by atoms with Crippen molar-refractivity contribution >= 4 is 10.0 Å². The molecule has 2 aromatic carbocycles. The molecule has 23 heavy (non-hydrogen) atoms. The van der Waals surface area contributed by atoms with Crippen molar-refractivity contribution in [3.63, 3.8) is 0 Å². The Bertz CT molecular complexity index is 698. The molecule has 2 rings (SSSR count). The van der Waals surface area contributed by atoms with E-state index in [1.807, 2.05) is 43.3 Å². The van der Waals surface area contributed by atoms with Crippen LogP contribution < -0.4 is 9.46 Å². The summed E-state index contributed by atoms with van der Waals surface area (Å²) in [6, 6.07) is 15.8. The number of benzene rings is 2. The van der Waals surface area contributed by atoms with Crippen LogP contribution in [-0.4, -0.2) is 40.6 Å². The zero-order valence-electron chi connectivity index (χ0n) is 13.4. The highest BCUT2D eigenvalue weighted by Gasteiger charge is 2.12. The minimum Gasteiger partial charge on any atom is -0.492 e. The monoisotopic (exact) mass is 334 g/mol. The average molecular weight is 334 g/mol. The zero-order valence-corrected chi connectivity index (χ0v) is 14.2. The molecule has 0 saturated heterocycles. The quantitative estimate of drug-likeness (QED) is 0.803. The topological polar surface area (TPSA) is 58.6 Å². The molecular weight excluding hydrogens is 312 g/mol. The summed E-state index contributed by atoms with van der Waals surface area (Å²) < 4.78 is 32.5. The third kappa shape index (κ3) is 5.67. The molecule has 0 radical (unpaired) electrons. The molecule has 6 heteroatoms. The lowest BCUT2D eigenvalue weighted by Gasteiger charge is -2.11. The molecule has 0 aliphatic heterocycles. The van der Waals surface area contributed by atoms with Crippen molar-refractivity contribution in [2.24, 2.45) is 0 Å². The summed E-state index contributed by atoms with van der Waals surface area (Å²) in [4.78, 5) is 2.32. The van der Waals surface area contributed by atoms with Gasteiger partial charge in [0.25, 0.3) is 0 Å². The normalized spacial score (nSPS) is 11.6. The molecule has 0 aromatic heterocycles. The van der Waals surface area contributed by atoms with Crippen LogP contribution in [0.2, 0.25) is 0 Å². The second-order valence-electron chi connectivity index (χ2n) is 5.43. The van der Waals surface area contributed by atoms with Crippen molar-refractivity contribution in [1.29, 1.82) is 0 Å². The van der Waals surface area contributed by atoms with Crippen molar-refractivity contribution in [3.8, 4) is 5.75 Å². The van der Waals surface area contributed by atoms with E-state index in [1.165, 1.54) is 0 Å². The Morgan fingerprint density at radius 2 is 1.65 bits per heavy atom. The van der Waals surface area contributed by atoms with Gasteiger partial charge >= 0.3 is 0 Å². The summed E-state index contributed by atoms with van der Waals surface area (Å²) in [5.41, 5.74) is 0.879. The van der Waals surface area contributed by atoms with Crippen LogP contribution in [0, 0.1) is 0 Å². The van der Waals surface area contributed by atoms with Crippen LogP contribution in [0.3, 0.4) is 0 Å². The van der Waals surface area contributed by atoms with Gasteiger partial charge in [0, 0.05) is 13.1 Å². The van der Waals surface area contributed by atoms with Gasteiger partial charge in [-0.1, -0.05) is 30.3 Å². The first-order valence-corrected chi connectivity index (χ1v) is 8.87. The first kappa shape index (κ1) is 17.5. The number of hydrogen-bond acceptors (Lipinski definition) is 4. The van der Waals surface area contributed by atoms with Crippen LogP contribution in [0.25, 0.3) is 0 Å². The van der Waals surface area contributed by atoms with Crippen molar-refractivity contribution < 1.29 is 13.2 Å². The largest absolute Gasteiger partial charge is 0.492 e. The number of nitrogens with one attached hydrogen (secondary N) is 1. The van der Waals surface area contributed by atoms with E-state index >= 15 is 0 Å². The van der Waals surface area contributed by atoms with Crippen LogP contribution in [0.1, 0.15) is 5.56 Å². The smallest absolute Gasteiger partial charge is 0.240 e. The Balaban J connectivity index is 1.89. The molecule has 0 saturated carbocycles. The highest BCUT2D eigenvalue weighted by atomic mass is 32.2. The lowest BCUT2D eigenvalue weighted by Crippen LogP contribution is -2.23. The summed E-state index contributed by atoms with van der Waals surface area (Å²) in [7, 11) is 0.504. The second-order valence-corrected chi connectivity index (χ2v) is 7.20. The maximum absolute atomic E-state index is 12.1. The van der Waals surface area contributed by atoms with Crippen LogP contribution in [0.5, 0.6) is 5.75 Å². The number of nitrogens with zero attached hydrogens (tertiary/aromatic N) is 1. The van der Waals surface area contributed by atoms with E-state index in [-0.39, 0.29) is 11.4 Å². The Morgan fingerprint density at radius 3 is 2.26 bits per heavy atom. The fraction of sp³-hybridized carbons (Fsp3) is 0.294. The maximum Gasteiger partial charge on any atom is 0.240 e. The van der Waals surface area contributed by atoms with E-state index in [4.69, 9.17) is 4.74 Å². The molecule has 0 heterocycles. The van der Waals surface area contributed by atoms with E-state index in [0.29, 0.717) is 6.61 Å². The molecule has 5 nitrogen and oxygen atoms in total. The molecule has 1 N–H and O–H groups in total. The average Bonchev–Trinajstić information content (AvgIpc) is 2.55. The Labute approximate surface area is 137 Å². The lowest BCUT2D eigenvalue weighted by atomic mass is 10.2. The van der Waals surface area contributed by atoms with Gasteiger partial charge in [-0.05, 0) is 43.9 Å². The first-order valence-electron chi connectivity index (χ1n) is 7.38. The molecule has 124 valence electrons. The Morgan fingerprint density at radius 1 is 1.00 bits per heavy atom. The first-order chi connectivity index (χ1) is 11.0. The molecule has 0 bridgehead atoms. The summed E-state index contributed by atoms with van der Waals surface area (Å²) in [5.74, 6) is 0.779. The van der Waals surface area contributed by atoms with E-state index in [1.54, 1.807) is 30.3 Å². The SMILES string of the molecule is CN(C)CCOc1ccc(CNS(=O)(=O)c2ccccc2)cc1. The van der Waals surface area contributed by atoms with Crippen molar-refractivity contribution in [2.45, 2.75) is 11.4 Å². The van der Waals surface area contributed by atoms with Crippen molar-refractivity contribution in [1.82, 2.24) is 9.62 Å². The molecule has 0 unspecified atom stereocenters. The molecule has 0 fully saturated rings. The highest BCUT2D eigenvalue weighted by Crippen LogP contribution is 2.13. The van der Waals surface area contributed by atoms with E-state index in [0.717, 1.165) is 17.9 Å². The van der Waals surface area contributed by atoms with Gasteiger partial charge in [-0.15, -0.1) is 0 Å². The minimum absolute atomic E-state index is 0.245. The molecule has 0 spiro atoms. The van der Waals surface area contributed by atoms with E-state index in [9.17, 15) is 8.42 Å². The van der Waals surface area contributed by atoms with Gasteiger partial charge in [0.1, 0.15) is 12.4 Å². The number of ether oxygens (including phenoxy) is 1.